The van der Waals surface area contributed by atoms with Gasteiger partial charge in [0.15, 0.2) is 6.29 Å². The first-order valence-electron chi connectivity index (χ1n) is 5.32. The molecule has 0 fully saturated rings. The maximum Gasteiger partial charge on any atom is 0.155 e. The van der Waals surface area contributed by atoms with E-state index in [2.05, 4.69) is 0 Å². The first-order chi connectivity index (χ1) is 7.81. The van der Waals surface area contributed by atoms with Crippen LogP contribution >= 0.6 is 23.2 Å². The maximum absolute atomic E-state index is 5.44. The minimum Gasteiger partial charge on any atom is -0.378 e. The van der Waals surface area contributed by atoms with Crippen LogP contribution in [0.4, 0.5) is 0 Å². The standard InChI is InChI=1S/C10H20Cl2O4/c1-10(15-8-6-13-4-2-11)16-9-7-14-5-3-12/h10H,2-9H2,1H3. The van der Waals surface area contributed by atoms with Gasteiger partial charge in [-0.15, -0.1) is 23.2 Å². The van der Waals surface area contributed by atoms with E-state index in [0.717, 1.165) is 0 Å². The van der Waals surface area contributed by atoms with Crippen LogP contribution in [0.2, 0.25) is 0 Å². The van der Waals surface area contributed by atoms with Crippen LogP contribution in [0.1, 0.15) is 6.92 Å². The zero-order chi connectivity index (χ0) is 12.1. The lowest BCUT2D eigenvalue weighted by Crippen LogP contribution is -2.19. The van der Waals surface area contributed by atoms with Crippen molar-refractivity contribution < 1.29 is 18.9 Å². The van der Waals surface area contributed by atoms with Gasteiger partial charge in [0.2, 0.25) is 0 Å². The van der Waals surface area contributed by atoms with Crippen molar-refractivity contribution in [3.05, 3.63) is 0 Å². The van der Waals surface area contributed by atoms with Crippen molar-refractivity contribution in [3.8, 4) is 0 Å². The van der Waals surface area contributed by atoms with Crippen LogP contribution < -0.4 is 0 Å². The minimum atomic E-state index is -0.251. The summed E-state index contributed by atoms with van der Waals surface area (Å²) in [4.78, 5) is 0. The molecular formula is C10H20Cl2O4. The third kappa shape index (κ3) is 12.5. The molecule has 0 spiro atoms. The van der Waals surface area contributed by atoms with Gasteiger partial charge in [-0.25, -0.2) is 0 Å². The summed E-state index contributed by atoms with van der Waals surface area (Å²) < 4.78 is 20.9. The first-order valence-corrected chi connectivity index (χ1v) is 6.38. The molecule has 0 bridgehead atoms. The molecule has 4 nitrogen and oxygen atoms in total. The average Bonchev–Trinajstić information content (AvgIpc) is 2.28. The van der Waals surface area contributed by atoms with Crippen LogP contribution in [0.15, 0.2) is 0 Å². The van der Waals surface area contributed by atoms with Gasteiger partial charge >= 0.3 is 0 Å². The highest BCUT2D eigenvalue weighted by molar-refractivity contribution is 6.18. The van der Waals surface area contributed by atoms with Gasteiger partial charge in [-0.1, -0.05) is 0 Å². The number of halogens is 2. The highest BCUT2D eigenvalue weighted by Crippen LogP contribution is 1.94. The topological polar surface area (TPSA) is 36.9 Å². The van der Waals surface area contributed by atoms with Gasteiger partial charge in [0.05, 0.1) is 39.6 Å². The molecule has 0 N–H and O–H groups in total. The molecule has 0 aliphatic rings. The van der Waals surface area contributed by atoms with Crippen LogP contribution in [-0.2, 0) is 18.9 Å². The lowest BCUT2D eigenvalue weighted by atomic mass is 10.6. The van der Waals surface area contributed by atoms with E-state index in [-0.39, 0.29) is 6.29 Å². The summed E-state index contributed by atoms with van der Waals surface area (Å²) in [5, 5.41) is 0. The van der Waals surface area contributed by atoms with Crippen LogP contribution in [-0.4, -0.2) is 57.7 Å². The quantitative estimate of drug-likeness (QED) is 0.309. The van der Waals surface area contributed by atoms with Crippen LogP contribution in [0.3, 0.4) is 0 Å². The van der Waals surface area contributed by atoms with Crippen LogP contribution in [0.5, 0.6) is 0 Å². The summed E-state index contributed by atoms with van der Waals surface area (Å²) in [6.45, 7) is 5.00. The second-order valence-corrected chi connectivity index (χ2v) is 3.67. The van der Waals surface area contributed by atoms with Crippen molar-refractivity contribution in [2.24, 2.45) is 0 Å². The molecule has 0 atom stereocenters. The largest absolute Gasteiger partial charge is 0.378 e. The number of hydrogen-bond acceptors (Lipinski definition) is 4. The lowest BCUT2D eigenvalue weighted by Gasteiger charge is -2.14. The number of ether oxygens (including phenoxy) is 4. The maximum atomic E-state index is 5.44. The summed E-state index contributed by atoms with van der Waals surface area (Å²) in [7, 11) is 0. The molecule has 0 saturated carbocycles. The fourth-order valence-electron chi connectivity index (χ4n) is 0.907. The van der Waals surface area contributed by atoms with Crippen molar-refractivity contribution >= 4 is 23.2 Å². The van der Waals surface area contributed by atoms with Crippen molar-refractivity contribution in [1.82, 2.24) is 0 Å². The normalized spacial score (nSPS) is 11.2. The van der Waals surface area contributed by atoms with E-state index in [9.17, 15) is 0 Å². The van der Waals surface area contributed by atoms with E-state index in [1.54, 1.807) is 0 Å². The molecule has 0 rings (SSSR count). The smallest absolute Gasteiger partial charge is 0.155 e. The molecule has 0 heterocycles. The Balaban J connectivity index is 3.09. The fraction of sp³-hybridized carbons (Fsp3) is 1.00. The fourth-order valence-corrected chi connectivity index (χ4v) is 1.13. The Morgan fingerprint density at radius 2 is 1.19 bits per heavy atom. The van der Waals surface area contributed by atoms with Crippen molar-refractivity contribution in [2.45, 2.75) is 13.2 Å². The third-order valence-corrected chi connectivity index (χ3v) is 1.91. The van der Waals surface area contributed by atoms with Crippen molar-refractivity contribution in [1.29, 1.82) is 0 Å². The Morgan fingerprint density at radius 1 is 0.750 bits per heavy atom. The SMILES string of the molecule is CC(OCCOCCCl)OCCOCCCl. The predicted octanol–water partition coefficient (Wildman–Crippen LogP) is 1.88. The molecule has 0 aliphatic heterocycles. The summed E-state index contributed by atoms with van der Waals surface area (Å²) in [5.41, 5.74) is 0. The molecule has 98 valence electrons. The van der Waals surface area contributed by atoms with E-state index in [0.29, 0.717) is 51.4 Å². The van der Waals surface area contributed by atoms with Crippen molar-refractivity contribution in [2.75, 3.05) is 51.4 Å². The zero-order valence-corrected chi connectivity index (χ0v) is 11.1. The molecule has 0 radical (unpaired) electrons. The summed E-state index contributed by atoms with van der Waals surface area (Å²) >= 11 is 10.9. The first kappa shape index (κ1) is 16.4. The summed E-state index contributed by atoms with van der Waals surface area (Å²) in [5.74, 6) is 1.01. The second kappa shape index (κ2) is 13.5. The Bertz CT molecular complexity index is 124. The van der Waals surface area contributed by atoms with E-state index in [1.165, 1.54) is 0 Å². The van der Waals surface area contributed by atoms with E-state index in [4.69, 9.17) is 42.1 Å². The molecule has 16 heavy (non-hydrogen) atoms. The van der Waals surface area contributed by atoms with Gasteiger partial charge < -0.3 is 18.9 Å². The molecule has 0 amide bonds. The number of rotatable bonds is 12. The third-order valence-electron chi connectivity index (χ3n) is 1.60. The zero-order valence-electron chi connectivity index (χ0n) is 9.62. The lowest BCUT2D eigenvalue weighted by molar-refractivity contribution is -0.146. The van der Waals surface area contributed by atoms with Gasteiger partial charge in [-0.3, -0.25) is 0 Å². The molecule has 0 aliphatic carbocycles. The molecule has 0 aromatic rings. The summed E-state index contributed by atoms with van der Waals surface area (Å²) in [6, 6.07) is 0. The number of alkyl halides is 2. The van der Waals surface area contributed by atoms with Gasteiger partial charge in [0.1, 0.15) is 0 Å². The van der Waals surface area contributed by atoms with Gasteiger partial charge in [0, 0.05) is 11.8 Å². The van der Waals surface area contributed by atoms with Crippen LogP contribution in [0.25, 0.3) is 0 Å². The van der Waals surface area contributed by atoms with Gasteiger partial charge in [0.25, 0.3) is 0 Å². The predicted molar refractivity (Wildman–Crippen MR) is 64.4 cm³/mol. The summed E-state index contributed by atoms with van der Waals surface area (Å²) in [6.07, 6.45) is -0.251. The number of hydrogen-bond donors (Lipinski definition) is 0. The molecule has 0 aromatic carbocycles. The van der Waals surface area contributed by atoms with Gasteiger partial charge in [-0.2, -0.15) is 0 Å². The van der Waals surface area contributed by atoms with Gasteiger partial charge in [-0.05, 0) is 6.92 Å². The van der Waals surface area contributed by atoms with E-state index >= 15 is 0 Å². The monoisotopic (exact) mass is 274 g/mol. The Hall–Kier alpha value is 0.420. The minimum absolute atomic E-state index is 0.251. The molecule has 0 saturated heterocycles. The highest BCUT2D eigenvalue weighted by atomic mass is 35.5. The second-order valence-electron chi connectivity index (χ2n) is 2.91. The Morgan fingerprint density at radius 3 is 1.56 bits per heavy atom. The van der Waals surface area contributed by atoms with E-state index < -0.39 is 0 Å². The highest BCUT2D eigenvalue weighted by Gasteiger charge is 2.01. The molecule has 6 heteroatoms. The Kier molecular flexibility index (Phi) is 13.8. The van der Waals surface area contributed by atoms with Crippen molar-refractivity contribution in [3.63, 3.8) is 0 Å². The van der Waals surface area contributed by atoms with Crippen LogP contribution in [0, 0.1) is 0 Å². The molecule has 0 unspecified atom stereocenters. The molecular weight excluding hydrogens is 255 g/mol. The molecule has 0 aromatic heterocycles. The average molecular weight is 275 g/mol. The Labute approximate surface area is 107 Å². The van der Waals surface area contributed by atoms with E-state index in [1.807, 2.05) is 6.92 Å².